The van der Waals surface area contributed by atoms with Crippen molar-refractivity contribution in [1.29, 1.82) is 0 Å². The Morgan fingerprint density at radius 1 is 1.33 bits per heavy atom. The zero-order valence-corrected chi connectivity index (χ0v) is 14.9. The molecule has 27 heavy (non-hydrogen) atoms. The molecule has 0 spiro atoms. The number of nitrogens with two attached hydrogens (primary N) is 1. The number of nitrogens with one attached hydrogen (secondary N) is 1. The van der Waals surface area contributed by atoms with Gasteiger partial charge in [-0.3, -0.25) is 9.78 Å². The molecule has 3 heterocycles. The van der Waals surface area contributed by atoms with Crippen molar-refractivity contribution in [2.75, 3.05) is 5.73 Å². The fourth-order valence-corrected chi connectivity index (χ4v) is 4.43. The maximum absolute atomic E-state index is 13.7. The van der Waals surface area contributed by atoms with Crippen LogP contribution in [0.5, 0.6) is 0 Å². The minimum absolute atomic E-state index is 0.0514. The van der Waals surface area contributed by atoms with E-state index in [2.05, 4.69) is 15.3 Å². The predicted molar refractivity (Wildman–Crippen MR) is 96.5 cm³/mol. The fraction of sp³-hybridized carbons (Fsp3) is 0.278. The number of alkyl halides is 3. The van der Waals surface area contributed by atoms with Crippen molar-refractivity contribution in [2.45, 2.75) is 32.0 Å². The highest BCUT2D eigenvalue weighted by Gasteiger charge is 2.40. The summed E-state index contributed by atoms with van der Waals surface area (Å²) in [5.74, 6) is -0.521. The first kappa shape index (κ1) is 17.7. The normalized spacial score (nSPS) is 13.7. The Hall–Kier alpha value is -2.68. The third kappa shape index (κ3) is 3.12. The van der Waals surface area contributed by atoms with Crippen LogP contribution in [0.1, 0.15) is 38.5 Å². The highest BCUT2D eigenvalue weighted by atomic mass is 32.1. The summed E-state index contributed by atoms with van der Waals surface area (Å²) in [5.41, 5.74) is 6.55. The van der Waals surface area contributed by atoms with Crippen molar-refractivity contribution in [3.63, 3.8) is 0 Å². The number of carbonyl (C=O) groups excluding carboxylic acids is 1. The molecule has 5 nitrogen and oxygen atoms in total. The molecule has 0 unspecified atom stereocenters. The average molecular weight is 392 g/mol. The lowest BCUT2D eigenvalue weighted by Gasteiger charge is -2.14. The van der Waals surface area contributed by atoms with Crippen molar-refractivity contribution in [1.82, 2.24) is 15.3 Å². The van der Waals surface area contributed by atoms with Gasteiger partial charge in [-0.05, 0) is 36.5 Å². The van der Waals surface area contributed by atoms with Gasteiger partial charge in [-0.2, -0.15) is 13.2 Å². The van der Waals surface area contributed by atoms with Gasteiger partial charge in [0.2, 0.25) is 0 Å². The maximum atomic E-state index is 13.7. The summed E-state index contributed by atoms with van der Waals surface area (Å²) in [6.07, 6.45) is 0.135. The number of thiophene rings is 1. The quantitative estimate of drug-likeness (QED) is 0.712. The van der Waals surface area contributed by atoms with E-state index in [-0.39, 0.29) is 32.9 Å². The molecule has 0 fully saturated rings. The van der Waals surface area contributed by atoms with Crippen LogP contribution < -0.4 is 11.1 Å². The number of halogens is 3. The van der Waals surface area contributed by atoms with Gasteiger partial charge in [0.15, 0.2) is 0 Å². The number of hydrogen-bond acceptors (Lipinski definition) is 5. The van der Waals surface area contributed by atoms with Gasteiger partial charge in [0, 0.05) is 30.0 Å². The summed E-state index contributed by atoms with van der Waals surface area (Å²) in [7, 11) is 0. The monoisotopic (exact) mass is 392 g/mol. The first-order chi connectivity index (χ1) is 12.9. The Morgan fingerprint density at radius 2 is 2.15 bits per heavy atom. The molecule has 3 aromatic rings. The van der Waals surface area contributed by atoms with Gasteiger partial charge >= 0.3 is 6.18 Å². The van der Waals surface area contributed by atoms with Crippen LogP contribution in [0, 0.1) is 0 Å². The summed E-state index contributed by atoms with van der Waals surface area (Å²) in [6.45, 7) is 0.205. The standard InChI is InChI=1S/C18H15F3N4OS/c19-18(20,21)13-10-4-1-5-11(10)25-17-12(13)14(22)15(27-17)16(26)24-8-9-3-2-6-23-7-9/h2-3,6-7H,1,4-5,8,22H2,(H,24,26). The van der Waals surface area contributed by atoms with Gasteiger partial charge in [0.1, 0.15) is 9.71 Å². The third-order valence-corrected chi connectivity index (χ3v) is 5.67. The number of fused-ring (bicyclic) bond motifs is 2. The van der Waals surface area contributed by atoms with E-state index in [0.29, 0.717) is 25.0 Å². The first-order valence-electron chi connectivity index (χ1n) is 8.34. The number of carbonyl (C=O) groups is 1. The average Bonchev–Trinajstić information content (AvgIpc) is 3.22. The molecule has 3 N–H and O–H groups in total. The molecule has 0 aromatic carbocycles. The molecule has 4 rings (SSSR count). The second-order valence-electron chi connectivity index (χ2n) is 6.33. The molecule has 3 aromatic heterocycles. The van der Waals surface area contributed by atoms with Crippen LogP contribution in [0.25, 0.3) is 10.2 Å². The lowest BCUT2D eigenvalue weighted by molar-refractivity contribution is -0.136. The molecule has 0 atom stereocenters. The summed E-state index contributed by atoms with van der Waals surface area (Å²) >= 11 is 0.900. The number of aromatic nitrogens is 2. The third-order valence-electron chi connectivity index (χ3n) is 4.57. The van der Waals surface area contributed by atoms with Gasteiger partial charge in [-0.15, -0.1) is 11.3 Å². The van der Waals surface area contributed by atoms with Crippen molar-refractivity contribution < 1.29 is 18.0 Å². The molecule has 9 heteroatoms. The SMILES string of the molecule is Nc1c(C(=O)NCc2cccnc2)sc2nc3c(c(C(F)(F)F)c12)CCC3. The second-order valence-corrected chi connectivity index (χ2v) is 7.33. The highest BCUT2D eigenvalue weighted by Crippen LogP contribution is 2.46. The molecular weight excluding hydrogens is 377 g/mol. The summed E-state index contributed by atoms with van der Waals surface area (Å²) in [5, 5.41) is 2.52. The molecule has 1 aliphatic rings. The Morgan fingerprint density at radius 3 is 2.85 bits per heavy atom. The smallest absolute Gasteiger partial charge is 0.397 e. The van der Waals surface area contributed by atoms with E-state index in [4.69, 9.17) is 5.73 Å². The van der Waals surface area contributed by atoms with Crippen LogP contribution in [-0.2, 0) is 25.6 Å². The predicted octanol–water partition coefficient (Wildman–Crippen LogP) is 3.71. The lowest BCUT2D eigenvalue weighted by Crippen LogP contribution is -2.22. The topological polar surface area (TPSA) is 80.9 Å². The molecule has 0 aliphatic heterocycles. The number of nitrogen functional groups attached to an aromatic ring is 1. The van der Waals surface area contributed by atoms with E-state index in [9.17, 15) is 18.0 Å². The summed E-state index contributed by atoms with van der Waals surface area (Å²) in [6, 6.07) is 3.52. The van der Waals surface area contributed by atoms with Crippen LogP contribution in [0.3, 0.4) is 0 Å². The van der Waals surface area contributed by atoms with Crippen LogP contribution in [0.4, 0.5) is 18.9 Å². The molecule has 1 amide bonds. The molecule has 0 saturated carbocycles. The zero-order valence-electron chi connectivity index (χ0n) is 14.1. The van der Waals surface area contributed by atoms with Crippen LogP contribution in [0.2, 0.25) is 0 Å². The largest absolute Gasteiger partial charge is 0.417 e. The van der Waals surface area contributed by atoms with Crippen LogP contribution in [0.15, 0.2) is 24.5 Å². The number of pyridine rings is 2. The number of amides is 1. The van der Waals surface area contributed by atoms with Crippen LogP contribution in [-0.4, -0.2) is 15.9 Å². The molecule has 1 aliphatic carbocycles. The maximum Gasteiger partial charge on any atom is 0.417 e. The number of rotatable bonds is 3. The number of nitrogens with zero attached hydrogens (tertiary/aromatic N) is 2. The van der Waals surface area contributed by atoms with E-state index in [0.717, 1.165) is 16.9 Å². The fourth-order valence-electron chi connectivity index (χ4n) is 3.39. The number of aryl methyl sites for hydroxylation is 1. The Kier molecular flexibility index (Phi) is 4.26. The van der Waals surface area contributed by atoms with Gasteiger partial charge in [-0.25, -0.2) is 4.98 Å². The van der Waals surface area contributed by atoms with Gasteiger partial charge in [-0.1, -0.05) is 6.07 Å². The zero-order chi connectivity index (χ0) is 19.2. The molecule has 0 radical (unpaired) electrons. The lowest BCUT2D eigenvalue weighted by atomic mass is 10.0. The summed E-state index contributed by atoms with van der Waals surface area (Å²) in [4.78, 5) is 21.0. The van der Waals surface area contributed by atoms with Crippen molar-refractivity contribution in [3.8, 4) is 0 Å². The van der Waals surface area contributed by atoms with Crippen molar-refractivity contribution >= 4 is 33.1 Å². The van der Waals surface area contributed by atoms with Gasteiger partial charge in [0.25, 0.3) is 5.91 Å². The van der Waals surface area contributed by atoms with E-state index in [1.165, 1.54) is 0 Å². The Balaban J connectivity index is 1.75. The molecular formula is C18H15F3N4OS. The van der Waals surface area contributed by atoms with Crippen LogP contribution >= 0.6 is 11.3 Å². The van der Waals surface area contributed by atoms with E-state index in [1.54, 1.807) is 24.5 Å². The Bertz CT molecular complexity index is 1030. The van der Waals surface area contributed by atoms with E-state index < -0.39 is 17.6 Å². The van der Waals surface area contributed by atoms with Gasteiger partial charge in [0.05, 0.1) is 11.3 Å². The van der Waals surface area contributed by atoms with E-state index >= 15 is 0 Å². The van der Waals surface area contributed by atoms with Crippen molar-refractivity contribution in [2.24, 2.45) is 0 Å². The van der Waals surface area contributed by atoms with Gasteiger partial charge < -0.3 is 11.1 Å². The highest BCUT2D eigenvalue weighted by molar-refractivity contribution is 7.21. The number of anilines is 1. The van der Waals surface area contributed by atoms with E-state index in [1.807, 2.05) is 0 Å². The molecule has 140 valence electrons. The summed E-state index contributed by atoms with van der Waals surface area (Å²) < 4.78 is 41.2. The van der Waals surface area contributed by atoms with Crippen molar-refractivity contribution in [3.05, 3.63) is 51.8 Å². The number of hydrogen-bond donors (Lipinski definition) is 2. The first-order valence-corrected chi connectivity index (χ1v) is 9.16. The molecule has 0 bridgehead atoms. The second kappa shape index (κ2) is 6.49. The Labute approximate surface area is 156 Å². The minimum atomic E-state index is -4.55. The molecule has 0 saturated heterocycles. The minimum Gasteiger partial charge on any atom is -0.397 e.